The van der Waals surface area contributed by atoms with Crippen LogP contribution in [0.3, 0.4) is 0 Å². The molecular weight excluding hydrogens is 278 g/mol. The maximum atomic E-state index is 12.3. The molecule has 1 aromatic rings. The molecule has 0 atom stereocenters. The second kappa shape index (κ2) is 5.91. The van der Waals surface area contributed by atoms with E-state index in [2.05, 4.69) is 10.3 Å². The van der Waals surface area contributed by atoms with Crippen molar-refractivity contribution < 1.29 is 9.59 Å². The Bertz CT molecular complexity index is 695. The fraction of sp³-hybridized carbons (Fsp3) is 0.471. The number of nitrogens with one attached hydrogen (secondary N) is 1. The fourth-order valence-corrected chi connectivity index (χ4v) is 3.41. The Labute approximate surface area is 130 Å². The first kappa shape index (κ1) is 14.8. The molecule has 116 valence electrons. The summed E-state index contributed by atoms with van der Waals surface area (Å²) in [6.07, 6.45) is 8.51. The molecule has 0 spiro atoms. The lowest BCUT2D eigenvalue weighted by Crippen LogP contribution is -2.28. The third-order valence-electron chi connectivity index (χ3n) is 4.46. The van der Waals surface area contributed by atoms with E-state index in [9.17, 15) is 9.59 Å². The first-order valence-electron chi connectivity index (χ1n) is 7.79. The van der Waals surface area contributed by atoms with Crippen LogP contribution in [0.15, 0.2) is 34.8 Å². The van der Waals surface area contributed by atoms with Crippen molar-refractivity contribution in [1.29, 1.82) is 0 Å². The largest absolute Gasteiger partial charge is 0.327 e. The lowest BCUT2D eigenvalue weighted by Gasteiger charge is -2.14. The minimum Gasteiger partial charge on any atom is -0.327 e. The van der Waals surface area contributed by atoms with Crippen molar-refractivity contribution >= 4 is 11.7 Å². The molecule has 0 saturated carbocycles. The van der Waals surface area contributed by atoms with Crippen LogP contribution in [0.1, 0.15) is 44.9 Å². The van der Waals surface area contributed by atoms with E-state index in [4.69, 9.17) is 0 Å². The summed E-state index contributed by atoms with van der Waals surface area (Å²) in [4.78, 5) is 28.4. The number of nitrogens with zero attached hydrogens (tertiary/aromatic N) is 2. The van der Waals surface area contributed by atoms with Crippen molar-refractivity contribution in [2.24, 2.45) is 0 Å². The van der Waals surface area contributed by atoms with Gasteiger partial charge in [-0.25, -0.2) is 4.98 Å². The zero-order valence-electron chi connectivity index (χ0n) is 13.1. The molecule has 2 aliphatic carbocycles. The predicted molar refractivity (Wildman–Crippen MR) is 82.9 cm³/mol. The number of amides is 1. The van der Waals surface area contributed by atoms with Gasteiger partial charge in [0.05, 0.1) is 0 Å². The molecule has 0 bridgehead atoms. The number of carbonyl (C=O) groups excluding carboxylic acids is 2. The van der Waals surface area contributed by atoms with E-state index in [0.717, 1.165) is 42.8 Å². The Balaban J connectivity index is 1.76. The molecule has 5 nitrogen and oxygen atoms in total. The molecule has 1 aromatic heterocycles. The van der Waals surface area contributed by atoms with Crippen molar-refractivity contribution in [1.82, 2.24) is 14.9 Å². The summed E-state index contributed by atoms with van der Waals surface area (Å²) < 4.78 is 1.80. The monoisotopic (exact) mass is 299 g/mol. The first-order chi connectivity index (χ1) is 10.6. The second-order valence-corrected chi connectivity index (χ2v) is 6.03. The van der Waals surface area contributed by atoms with E-state index < -0.39 is 0 Å². The van der Waals surface area contributed by atoms with E-state index >= 15 is 0 Å². The van der Waals surface area contributed by atoms with Gasteiger partial charge in [0.15, 0.2) is 5.78 Å². The number of ketones is 1. The lowest BCUT2D eigenvalue weighted by atomic mass is 9.90. The lowest BCUT2D eigenvalue weighted by molar-refractivity contribution is -0.121. The first-order valence-corrected chi connectivity index (χ1v) is 7.79. The minimum atomic E-state index is -0.102. The van der Waals surface area contributed by atoms with Crippen LogP contribution in [0.2, 0.25) is 0 Å². The van der Waals surface area contributed by atoms with Crippen LogP contribution in [0.25, 0.3) is 0 Å². The molecule has 0 radical (unpaired) electrons. The number of imidazole rings is 1. The van der Waals surface area contributed by atoms with Gasteiger partial charge in [-0.15, -0.1) is 0 Å². The van der Waals surface area contributed by atoms with Gasteiger partial charge in [-0.3, -0.25) is 9.59 Å². The third kappa shape index (κ3) is 2.75. The Morgan fingerprint density at radius 2 is 2.09 bits per heavy atom. The smallest absolute Gasteiger partial charge is 0.244 e. The van der Waals surface area contributed by atoms with Crippen molar-refractivity contribution in [2.45, 2.75) is 52.5 Å². The predicted octanol–water partition coefficient (Wildman–Crippen LogP) is 2.43. The highest BCUT2D eigenvalue weighted by Crippen LogP contribution is 2.40. The van der Waals surface area contributed by atoms with E-state index in [1.165, 1.54) is 17.6 Å². The maximum absolute atomic E-state index is 12.3. The van der Waals surface area contributed by atoms with Gasteiger partial charge in [-0.05, 0) is 45.1 Å². The summed E-state index contributed by atoms with van der Waals surface area (Å²) in [6.45, 7) is 3.68. The molecular formula is C17H21N3O2. The molecule has 0 aromatic carbocycles. The van der Waals surface area contributed by atoms with Crippen LogP contribution >= 0.6 is 0 Å². The molecule has 1 N–H and O–H groups in total. The summed E-state index contributed by atoms with van der Waals surface area (Å²) in [7, 11) is 0. The minimum absolute atomic E-state index is 0.0565. The van der Waals surface area contributed by atoms with E-state index in [1.807, 2.05) is 6.92 Å². The van der Waals surface area contributed by atoms with Gasteiger partial charge in [-0.2, -0.15) is 0 Å². The van der Waals surface area contributed by atoms with E-state index in [-0.39, 0.29) is 18.2 Å². The number of rotatable bonds is 4. The topological polar surface area (TPSA) is 64.0 Å². The number of hydrogen-bond acceptors (Lipinski definition) is 3. The van der Waals surface area contributed by atoms with Gasteiger partial charge < -0.3 is 9.88 Å². The number of aromatic nitrogens is 2. The molecule has 0 fully saturated rings. The zero-order chi connectivity index (χ0) is 15.7. The van der Waals surface area contributed by atoms with Gasteiger partial charge in [0.25, 0.3) is 0 Å². The van der Waals surface area contributed by atoms with E-state index in [0.29, 0.717) is 0 Å². The van der Waals surface area contributed by atoms with Crippen LogP contribution in [0, 0.1) is 6.92 Å². The third-order valence-corrected chi connectivity index (χ3v) is 4.46. The van der Waals surface area contributed by atoms with Crippen LogP contribution in [0.4, 0.5) is 0 Å². The van der Waals surface area contributed by atoms with Crippen LogP contribution in [-0.4, -0.2) is 21.2 Å². The molecule has 5 heteroatoms. The summed E-state index contributed by atoms with van der Waals surface area (Å²) in [6, 6.07) is 0. The highest BCUT2D eigenvalue weighted by Gasteiger charge is 2.29. The van der Waals surface area contributed by atoms with Crippen LogP contribution < -0.4 is 5.32 Å². The van der Waals surface area contributed by atoms with Gasteiger partial charge in [-0.1, -0.05) is 5.57 Å². The molecule has 1 heterocycles. The fourth-order valence-electron chi connectivity index (χ4n) is 3.41. The number of hydrogen-bond donors (Lipinski definition) is 1. The summed E-state index contributed by atoms with van der Waals surface area (Å²) in [5.74, 6) is 0.760. The molecule has 3 rings (SSSR count). The standard InChI is InChI=1S/C17H21N3O2/c1-11(21)17-14-6-4-3-5-13(14)9-15(17)19-16(22)10-20-8-7-18-12(20)2/h7-8H,3-6,9-10H2,1-2H3,(H,19,22). The molecule has 2 aliphatic rings. The van der Waals surface area contributed by atoms with Crippen molar-refractivity contribution in [3.63, 3.8) is 0 Å². The maximum Gasteiger partial charge on any atom is 0.244 e. The normalized spacial score (nSPS) is 17.7. The van der Waals surface area contributed by atoms with Crippen LogP contribution in [-0.2, 0) is 16.1 Å². The number of aryl methyl sites for hydroxylation is 1. The quantitative estimate of drug-likeness (QED) is 0.928. The van der Waals surface area contributed by atoms with Gasteiger partial charge >= 0.3 is 0 Å². The summed E-state index contributed by atoms with van der Waals surface area (Å²) >= 11 is 0. The number of carbonyl (C=O) groups is 2. The molecule has 0 aliphatic heterocycles. The Morgan fingerprint density at radius 1 is 1.32 bits per heavy atom. The van der Waals surface area contributed by atoms with Gasteiger partial charge in [0.1, 0.15) is 12.4 Å². The highest BCUT2D eigenvalue weighted by molar-refractivity contribution is 6.00. The summed E-state index contributed by atoms with van der Waals surface area (Å²) in [5, 5.41) is 2.96. The van der Waals surface area contributed by atoms with Gasteiger partial charge in [0.2, 0.25) is 5.91 Å². The average molecular weight is 299 g/mol. The Kier molecular flexibility index (Phi) is 3.96. The number of allylic oxidation sites excluding steroid dienone is 3. The zero-order valence-corrected chi connectivity index (χ0v) is 13.1. The van der Waals surface area contributed by atoms with E-state index in [1.54, 1.807) is 23.9 Å². The SMILES string of the molecule is CC(=O)C1=C(NC(=O)Cn2ccnc2C)CC2=C1CCCC2. The second-order valence-electron chi connectivity index (χ2n) is 6.03. The van der Waals surface area contributed by atoms with Crippen molar-refractivity contribution in [3.05, 3.63) is 40.6 Å². The number of Topliss-reactive ketones (excluding diaryl/α,β-unsaturated/α-hetero) is 1. The average Bonchev–Trinajstić information content (AvgIpc) is 3.02. The molecule has 1 amide bonds. The highest BCUT2D eigenvalue weighted by atomic mass is 16.2. The van der Waals surface area contributed by atoms with Gasteiger partial charge in [0, 0.05) is 30.1 Å². The van der Waals surface area contributed by atoms with Crippen LogP contribution in [0.5, 0.6) is 0 Å². The van der Waals surface area contributed by atoms with Crippen molar-refractivity contribution in [2.75, 3.05) is 0 Å². The molecule has 0 unspecified atom stereocenters. The van der Waals surface area contributed by atoms with Crippen molar-refractivity contribution in [3.8, 4) is 0 Å². The Hall–Kier alpha value is -2.17. The Morgan fingerprint density at radius 3 is 2.77 bits per heavy atom. The molecule has 0 saturated heterocycles. The summed E-state index contributed by atoms with van der Waals surface area (Å²) in [5.41, 5.74) is 4.07. The molecule has 22 heavy (non-hydrogen) atoms.